The Morgan fingerprint density at radius 1 is 1.38 bits per heavy atom. The van der Waals surface area contributed by atoms with Crippen LogP contribution in [-0.4, -0.2) is 21.8 Å². The lowest BCUT2D eigenvalue weighted by Crippen LogP contribution is -2.34. The van der Waals surface area contributed by atoms with Crippen LogP contribution in [0.3, 0.4) is 0 Å². The molecule has 0 unspecified atom stereocenters. The van der Waals surface area contributed by atoms with E-state index < -0.39 is 6.04 Å². The standard InChI is InChI=1S/C13H15BrN4O.2ClH/c14-10-2-1-8(3-11(10)15)4-13(19)12(16)5-9-6-17-7-18-9;;/h1-3,6-7,12H,4-5,15-16H2,(H,17,18);2*1H/t12-;;/m0../s1. The molecule has 0 saturated carbocycles. The maximum atomic E-state index is 12.0. The second-order valence-corrected chi connectivity index (χ2v) is 5.24. The summed E-state index contributed by atoms with van der Waals surface area (Å²) in [5.74, 6) is -0.0173. The largest absolute Gasteiger partial charge is 0.398 e. The third-order valence-corrected chi connectivity index (χ3v) is 3.57. The molecule has 0 radical (unpaired) electrons. The highest BCUT2D eigenvalue weighted by atomic mass is 79.9. The van der Waals surface area contributed by atoms with Crippen LogP contribution in [0.15, 0.2) is 35.2 Å². The molecule has 2 rings (SSSR count). The van der Waals surface area contributed by atoms with Gasteiger partial charge in [0.1, 0.15) is 0 Å². The SMILES string of the molecule is Cl.Cl.Nc1cc(CC(=O)[C@@H](N)Cc2cnc[nH]2)ccc1Br. The third-order valence-electron chi connectivity index (χ3n) is 2.85. The molecule has 8 heteroatoms. The molecule has 0 spiro atoms. The zero-order chi connectivity index (χ0) is 13.8. The summed E-state index contributed by atoms with van der Waals surface area (Å²) >= 11 is 3.32. The van der Waals surface area contributed by atoms with Crippen molar-refractivity contribution < 1.29 is 4.79 Å². The lowest BCUT2D eigenvalue weighted by Gasteiger charge is -2.10. The van der Waals surface area contributed by atoms with Crippen LogP contribution in [0, 0.1) is 0 Å². The van der Waals surface area contributed by atoms with Gasteiger partial charge in [0, 0.05) is 34.9 Å². The Balaban J connectivity index is 0.00000200. The van der Waals surface area contributed by atoms with Gasteiger partial charge in [-0.05, 0) is 33.6 Å². The molecule has 0 aliphatic heterocycles. The molecule has 0 bridgehead atoms. The molecule has 0 aliphatic rings. The number of rotatable bonds is 5. The Morgan fingerprint density at radius 2 is 2.10 bits per heavy atom. The quantitative estimate of drug-likeness (QED) is 0.676. The second kappa shape index (κ2) is 9.04. The molecule has 1 atom stereocenters. The van der Waals surface area contributed by atoms with Crippen LogP contribution in [-0.2, 0) is 17.6 Å². The number of benzene rings is 1. The van der Waals surface area contributed by atoms with Gasteiger partial charge in [-0.25, -0.2) is 4.98 Å². The summed E-state index contributed by atoms with van der Waals surface area (Å²) in [6, 6.07) is 4.94. The Morgan fingerprint density at radius 3 is 2.67 bits per heavy atom. The number of aromatic amines is 1. The van der Waals surface area contributed by atoms with Crippen LogP contribution in [0.4, 0.5) is 5.69 Å². The molecule has 0 amide bonds. The predicted molar refractivity (Wildman–Crippen MR) is 92.0 cm³/mol. The van der Waals surface area contributed by atoms with Gasteiger partial charge in [-0.2, -0.15) is 0 Å². The summed E-state index contributed by atoms with van der Waals surface area (Å²) in [6.07, 6.45) is 3.99. The number of nitrogen functional groups attached to an aromatic ring is 1. The highest BCUT2D eigenvalue weighted by Gasteiger charge is 2.15. The Bertz CT molecular complexity index is 578. The molecule has 2 aromatic rings. The van der Waals surface area contributed by atoms with E-state index in [1.807, 2.05) is 12.1 Å². The van der Waals surface area contributed by atoms with Gasteiger partial charge >= 0.3 is 0 Å². The summed E-state index contributed by atoms with van der Waals surface area (Å²) < 4.78 is 0.824. The summed E-state index contributed by atoms with van der Waals surface area (Å²) in [6.45, 7) is 0. The summed E-state index contributed by atoms with van der Waals surface area (Å²) in [4.78, 5) is 18.9. The third kappa shape index (κ3) is 5.67. The molecule has 21 heavy (non-hydrogen) atoms. The summed E-state index contributed by atoms with van der Waals surface area (Å²) in [7, 11) is 0. The van der Waals surface area contributed by atoms with Crippen molar-refractivity contribution in [1.29, 1.82) is 0 Å². The van der Waals surface area contributed by atoms with Crippen LogP contribution in [0.25, 0.3) is 0 Å². The van der Waals surface area contributed by atoms with E-state index in [4.69, 9.17) is 11.5 Å². The first-order valence-corrected chi connectivity index (χ1v) is 6.65. The van der Waals surface area contributed by atoms with Crippen molar-refractivity contribution in [1.82, 2.24) is 9.97 Å². The van der Waals surface area contributed by atoms with E-state index in [1.165, 1.54) is 0 Å². The van der Waals surface area contributed by atoms with Gasteiger partial charge in [0.15, 0.2) is 5.78 Å². The number of hydrogen-bond donors (Lipinski definition) is 3. The normalized spacial score (nSPS) is 11.1. The molecule has 0 saturated heterocycles. The molecule has 5 N–H and O–H groups in total. The van der Waals surface area contributed by atoms with Crippen LogP contribution in [0.2, 0.25) is 0 Å². The van der Waals surface area contributed by atoms with E-state index in [0.717, 1.165) is 15.7 Å². The zero-order valence-electron chi connectivity index (χ0n) is 11.1. The fraction of sp³-hybridized carbons (Fsp3) is 0.231. The van der Waals surface area contributed by atoms with Crippen LogP contribution >= 0.6 is 40.7 Å². The van der Waals surface area contributed by atoms with Gasteiger partial charge < -0.3 is 16.5 Å². The van der Waals surface area contributed by atoms with Crippen molar-refractivity contribution in [2.45, 2.75) is 18.9 Å². The Hall–Kier alpha value is -1.08. The van der Waals surface area contributed by atoms with E-state index >= 15 is 0 Å². The van der Waals surface area contributed by atoms with Gasteiger partial charge in [0.2, 0.25) is 0 Å². The summed E-state index contributed by atoms with van der Waals surface area (Å²) in [5.41, 5.74) is 14.0. The molecule has 1 heterocycles. The number of imidazole rings is 1. The van der Waals surface area contributed by atoms with E-state index in [9.17, 15) is 4.79 Å². The number of nitrogens with two attached hydrogens (primary N) is 2. The van der Waals surface area contributed by atoms with Crippen LogP contribution in [0.1, 0.15) is 11.3 Å². The smallest absolute Gasteiger partial charge is 0.154 e. The fourth-order valence-electron chi connectivity index (χ4n) is 1.78. The van der Waals surface area contributed by atoms with Crippen molar-refractivity contribution >= 4 is 52.2 Å². The first-order valence-electron chi connectivity index (χ1n) is 5.85. The van der Waals surface area contributed by atoms with Gasteiger partial charge in [0.25, 0.3) is 0 Å². The van der Waals surface area contributed by atoms with Crippen LogP contribution < -0.4 is 11.5 Å². The van der Waals surface area contributed by atoms with Gasteiger partial charge in [-0.3, -0.25) is 4.79 Å². The number of aromatic nitrogens is 2. The Labute approximate surface area is 143 Å². The molecule has 5 nitrogen and oxygen atoms in total. The monoisotopic (exact) mass is 394 g/mol. The maximum Gasteiger partial charge on any atom is 0.154 e. The number of anilines is 1. The predicted octanol–water partition coefficient (Wildman–Crippen LogP) is 2.28. The first kappa shape index (κ1) is 19.9. The lowest BCUT2D eigenvalue weighted by atomic mass is 10.0. The van der Waals surface area contributed by atoms with E-state index in [0.29, 0.717) is 12.1 Å². The highest BCUT2D eigenvalue weighted by Crippen LogP contribution is 2.20. The number of Topliss-reactive ketones (excluding diaryl/α,β-unsaturated/α-hetero) is 1. The number of ketones is 1. The first-order chi connectivity index (χ1) is 9.06. The molecule has 1 aromatic carbocycles. The van der Waals surface area contributed by atoms with Gasteiger partial charge in [-0.1, -0.05) is 6.07 Å². The fourth-order valence-corrected chi connectivity index (χ4v) is 2.03. The zero-order valence-corrected chi connectivity index (χ0v) is 14.3. The van der Waals surface area contributed by atoms with Crippen molar-refractivity contribution in [3.8, 4) is 0 Å². The second-order valence-electron chi connectivity index (χ2n) is 4.39. The van der Waals surface area contributed by atoms with E-state index in [-0.39, 0.29) is 37.0 Å². The highest BCUT2D eigenvalue weighted by molar-refractivity contribution is 9.10. The molecule has 1 aromatic heterocycles. The van der Waals surface area contributed by atoms with Crippen molar-refractivity contribution in [2.24, 2.45) is 5.73 Å². The van der Waals surface area contributed by atoms with Crippen molar-refractivity contribution in [3.05, 3.63) is 46.5 Å². The number of hydrogen-bond acceptors (Lipinski definition) is 4. The van der Waals surface area contributed by atoms with Crippen molar-refractivity contribution in [2.75, 3.05) is 5.73 Å². The van der Waals surface area contributed by atoms with Gasteiger partial charge in [0.05, 0.1) is 12.4 Å². The minimum absolute atomic E-state index is 0. The van der Waals surface area contributed by atoms with Crippen molar-refractivity contribution in [3.63, 3.8) is 0 Å². The number of carbonyl (C=O) groups is 1. The minimum Gasteiger partial charge on any atom is -0.398 e. The minimum atomic E-state index is -0.537. The number of nitrogens with one attached hydrogen (secondary N) is 1. The summed E-state index contributed by atoms with van der Waals surface area (Å²) in [5, 5.41) is 0. The number of carbonyl (C=O) groups excluding carboxylic acids is 1. The van der Waals surface area contributed by atoms with Crippen LogP contribution in [0.5, 0.6) is 0 Å². The molecular formula is C13H17BrCl2N4O. The van der Waals surface area contributed by atoms with Gasteiger partial charge in [-0.15, -0.1) is 24.8 Å². The average molecular weight is 396 g/mol. The number of halogens is 3. The van der Waals surface area contributed by atoms with E-state index in [1.54, 1.807) is 18.6 Å². The Kier molecular flexibility index (Phi) is 8.58. The maximum absolute atomic E-state index is 12.0. The number of nitrogens with zero attached hydrogens (tertiary/aromatic N) is 1. The topological polar surface area (TPSA) is 97.8 Å². The molecule has 0 fully saturated rings. The molecule has 0 aliphatic carbocycles. The van der Waals surface area contributed by atoms with E-state index in [2.05, 4.69) is 25.9 Å². The molecular weight excluding hydrogens is 379 g/mol. The lowest BCUT2D eigenvalue weighted by molar-refractivity contribution is -0.119. The number of H-pyrrole nitrogens is 1. The molecule has 116 valence electrons. The average Bonchev–Trinajstić information content (AvgIpc) is 2.86.